The summed E-state index contributed by atoms with van der Waals surface area (Å²) in [6, 6.07) is 17.8. The van der Waals surface area contributed by atoms with Gasteiger partial charge in [0.2, 0.25) is 5.91 Å². The minimum atomic E-state index is -0.510. The molecule has 8 nitrogen and oxygen atoms in total. The first kappa shape index (κ1) is 24.4. The fourth-order valence-electron chi connectivity index (χ4n) is 5.46. The molecule has 2 fully saturated rings. The number of carbonyl (C=O) groups is 2. The molecule has 0 spiro atoms. The molecule has 0 radical (unpaired) electrons. The number of likely N-dealkylation sites (tertiary alicyclic amines) is 1. The third kappa shape index (κ3) is 5.26. The van der Waals surface area contributed by atoms with E-state index in [0.717, 1.165) is 41.4 Å². The summed E-state index contributed by atoms with van der Waals surface area (Å²) in [6.45, 7) is 4.48. The average molecular weight is 489 g/mol. The van der Waals surface area contributed by atoms with Gasteiger partial charge in [-0.2, -0.15) is 0 Å². The Morgan fingerprint density at radius 1 is 1.08 bits per heavy atom. The van der Waals surface area contributed by atoms with Crippen LogP contribution in [-0.2, 0) is 16.0 Å². The van der Waals surface area contributed by atoms with Crippen LogP contribution < -0.4 is 10.8 Å². The summed E-state index contributed by atoms with van der Waals surface area (Å²) in [4.78, 5) is 32.3. The zero-order valence-electron chi connectivity index (χ0n) is 20.4. The Morgan fingerprint density at radius 2 is 1.83 bits per heavy atom. The smallest absolute Gasteiger partial charge is 0.251 e. The fraction of sp³-hybridized carbons (Fsp3) is 0.393. The molecule has 8 heteroatoms. The molecule has 3 N–H and O–H groups in total. The van der Waals surface area contributed by atoms with E-state index in [1.807, 2.05) is 49.4 Å². The van der Waals surface area contributed by atoms with E-state index in [9.17, 15) is 14.8 Å². The van der Waals surface area contributed by atoms with Gasteiger partial charge < -0.3 is 10.1 Å². The molecular weight excluding hydrogens is 456 g/mol. The Bertz CT molecular complexity index is 1240. The largest absolute Gasteiger partial charge is 0.381 e. The third-order valence-electron chi connectivity index (χ3n) is 7.36. The van der Waals surface area contributed by atoms with Crippen molar-refractivity contribution < 1.29 is 19.5 Å². The number of hydrogen-bond donors (Lipinski definition) is 3. The van der Waals surface area contributed by atoms with E-state index < -0.39 is 11.8 Å². The highest BCUT2D eigenvalue weighted by Gasteiger charge is 2.41. The number of benzene rings is 2. The Kier molecular flexibility index (Phi) is 7.27. The summed E-state index contributed by atoms with van der Waals surface area (Å²) in [5.41, 5.74) is 6.58. The molecule has 2 atom stereocenters. The molecule has 1 aromatic heterocycles. The second-order valence-electron chi connectivity index (χ2n) is 9.77. The summed E-state index contributed by atoms with van der Waals surface area (Å²) >= 11 is 0. The highest BCUT2D eigenvalue weighted by Crippen LogP contribution is 2.25. The van der Waals surface area contributed by atoms with Gasteiger partial charge in [0.1, 0.15) is 0 Å². The normalized spacial score (nSPS) is 20.9. The molecule has 3 heterocycles. The van der Waals surface area contributed by atoms with Gasteiger partial charge in [0.05, 0.1) is 17.5 Å². The minimum Gasteiger partial charge on any atom is -0.381 e. The first-order chi connectivity index (χ1) is 17.5. The van der Waals surface area contributed by atoms with Gasteiger partial charge in [0.25, 0.3) is 5.91 Å². The quantitative estimate of drug-likeness (QED) is 0.364. The number of fused-ring (bicyclic) bond motifs is 1. The SMILES string of the molecule is Cc1cc(Cc2ccc(C(=O)N[C@@H]3CN(C4CCOCC4)C[C@@H]3C(=O)NO)cc2)c2ccccc2n1. The van der Waals surface area contributed by atoms with Crippen molar-refractivity contribution >= 4 is 22.7 Å². The lowest BCUT2D eigenvalue weighted by atomic mass is 9.99. The molecular formula is C28H32N4O4. The van der Waals surface area contributed by atoms with E-state index in [1.165, 1.54) is 5.56 Å². The number of nitrogens with one attached hydrogen (secondary N) is 2. The molecule has 5 rings (SSSR count). The van der Waals surface area contributed by atoms with Crippen LogP contribution in [0.15, 0.2) is 54.6 Å². The Morgan fingerprint density at radius 3 is 2.58 bits per heavy atom. The van der Waals surface area contributed by atoms with Crippen LogP contribution in [0.1, 0.15) is 40.0 Å². The maximum absolute atomic E-state index is 13.1. The lowest BCUT2D eigenvalue weighted by Gasteiger charge is -2.31. The second-order valence-corrected chi connectivity index (χ2v) is 9.77. The molecule has 0 aliphatic carbocycles. The number of ether oxygens (including phenoxy) is 1. The number of carbonyl (C=O) groups excluding carboxylic acids is 2. The summed E-state index contributed by atoms with van der Waals surface area (Å²) in [5.74, 6) is -1.20. The topological polar surface area (TPSA) is 104 Å². The predicted molar refractivity (Wildman–Crippen MR) is 136 cm³/mol. The van der Waals surface area contributed by atoms with Gasteiger partial charge >= 0.3 is 0 Å². The Balaban J connectivity index is 1.27. The molecule has 36 heavy (non-hydrogen) atoms. The van der Waals surface area contributed by atoms with Gasteiger partial charge in [-0.1, -0.05) is 30.3 Å². The Hall–Kier alpha value is -3.33. The van der Waals surface area contributed by atoms with Crippen LogP contribution in [0, 0.1) is 12.8 Å². The van der Waals surface area contributed by atoms with Gasteiger partial charge in [-0.3, -0.25) is 24.7 Å². The van der Waals surface area contributed by atoms with Gasteiger partial charge in [0, 0.05) is 49.0 Å². The second kappa shape index (κ2) is 10.7. The number of aryl methyl sites for hydroxylation is 1. The molecule has 2 aromatic carbocycles. The van der Waals surface area contributed by atoms with Gasteiger partial charge in [-0.15, -0.1) is 0 Å². The highest BCUT2D eigenvalue weighted by atomic mass is 16.5. The van der Waals surface area contributed by atoms with E-state index in [4.69, 9.17) is 4.74 Å². The fourth-order valence-corrected chi connectivity index (χ4v) is 5.46. The predicted octanol–water partition coefficient (Wildman–Crippen LogP) is 2.85. The van der Waals surface area contributed by atoms with Crippen LogP contribution >= 0.6 is 0 Å². The summed E-state index contributed by atoms with van der Waals surface area (Å²) in [6.07, 6.45) is 2.55. The molecule has 2 amide bonds. The monoisotopic (exact) mass is 488 g/mol. The average Bonchev–Trinajstić information content (AvgIpc) is 3.32. The molecule has 3 aromatic rings. The van der Waals surface area contributed by atoms with Crippen LogP contribution in [0.2, 0.25) is 0 Å². The van der Waals surface area contributed by atoms with Gasteiger partial charge in [-0.05, 0) is 61.6 Å². The maximum atomic E-state index is 13.1. The minimum absolute atomic E-state index is 0.221. The van der Waals surface area contributed by atoms with Crippen molar-refractivity contribution in [2.45, 2.75) is 38.3 Å². The summed E-state index contributed by atoms with van der Waals surface area (Å²) in [5, 5.41) is 13.4. The lowest BCUT2D eigenvalue weighted by Crippen LogP contribution is -2.45. The van der Waals surface area contributed by atoms with Crippen molar-refractivity contribution in [1.82, 2.24) is 20.7 Å². The van der Waals surface area contributed by atoms with Crippen LogP contribution in [-0.4, -0.2) is 65.3 Å². The van der Waals surface area contributed by atoms with Crippen molar-refractivity contribution in [3.63, 3.8) is 0 Å². The van der Waals surface area contributed by atoms with Gasteiger partial charge in [-0.25, -0.2) is 5.48 Å². The molecule has 0 bridgehead atoms. The number of hydroxylamine groups is 1. The first-order valence-electron chi connectivity index (χ1n) is 12.5. The molecule has 2 aliphatic heterocycles. The molecule has 0 saturated carbocycles. The number of pyridine rings is 1. The van der Waals surface area contributed by atoms with Crippen molar-refractivity contribution in [2.24, 2.45) is 5.92 Å². The van der Waals surface area contributed by atoms with E-state index in [-0.39, 0.29) is 11.9 Å². The standard InChI is InChI=1S/C28H32N4O4/c1-18-14-21(23-4-2-3-5-25(23)29-18)15-19-6-8-20(9-7-19)27(33)30-26-17-32(16-24(26)28(34)31-35)22-10-12-36-13-11-22/h2-9,14,22,24,26,35H,10-13,15-17H2,1H3,(H,30,33)(H,31,34)/t24-,26+/m0/s1. The van der Waals surface area contributed by atoms with E-state index >= 15 is 0 Å². The number of rotatable bonds is 6. The van der Waals surface area contributed by atoms with E-state index in [0.29, 0.717) is 37.9 Å². The Labute approximate surface area is 210 Å². The first-order valence-corrected chi connectivity index (χ1v) is 12.5. The number of hydrogen-bond acceptors (Lipinski definition) is 6. The van der Waals surface area contributed by atoms with E-state index in [1.54, 1.807) is 5.48 Å². The summed E-state index contributed by atoms with van der Waals surface area (Å²) < 4.78 is 5.46. The molecule has 2 saturated heterocycles. The summed E-state index contributed by atoms with van der Waals surface area (Å²) in [7, 11) is 0. The van der Waals surface area contributed by atoms with E-state index in [2.05, 4.69) is 27.3 Å². The van der Waals surface area contributed by atoms with Crippen LogP contribution in [0.4, 0.5) is 0 Å². The number of amides is 2. The van der Waals surface area contributed by atoms with Crippen molar-refractivity contribution in [2.75, 3.05) is 26.3 Å². The zero-order chi connectivity index (χ0) is 25.1. The van der Waals surface area contributed by atoms with Crippen LogP contribution in [0.5, 0.6) is 0 Å². The highest BCUT2D eigenvalue weighted by molar-refractivity contribution is 5.95. The maximum Gasteiger partial charge on any atom is 0.251 e. The zero-order valence-corrected chi connectivity index (χ0v) is 20.4. The van der Waals surface area contributed by atoms with Crippen LogP contribution in [0.3, 0.4) is 0 Å². The van der Waals surface area contributed by atoms with Crippen molar-refractivity contribution in [3.8, 4) is 0 Å². The third-order valence-corrected chi connectivity index (χ3v) is 7.36. The number of para-hydroxylation sites is 1. The molecule has 188 valence electrons. The lowest BCUT2D eigenvalue weighted by molar-refractivity contribution is -0.133. The number of aromatic nitrogens is 1. The number of nitrogens with zero attached hydrogens (tertiary/aromatic N) is 2. The van der Waals surface area contributed by atoms with Crippen LogP contribution in [0.25, 0.3) is 10.9 Å². The van der Waals surface area contributed by atoms with Crippen molar-refractivity contribution in [3.05, 3.63) is 77.0 Å². The molecule has 0 unspecified atom stereocenters. The van der Waals surface area contributed by atoms with Gasteiger partial charge in [0.15, 0.2) is 0 Å². The van der Waals surface area contributed by atoms with Crippen molar-refractivity contribution in [1.29, 1.82) is 0 Å². The molecule has 2 aliphatic rings.